The van der Waals surface area contributed by atoms with E-state index in [0.717, 1.165) is 0 Å². The number of hydrogen-bond donors (Lipinski definition) is 2. The lowest BCUT2D eigenvalue weighted by Gasteiger charge is -2.09. The number of halogens is 3. The maximum Gasteiger partial charge on any atom is 0.422 e. The van der Waals surface area contributed by atoms with Crippen molar-refractivity contribution in [3.8, 4) is 0 Å². The lowest BCUT2D eigenvalue weighted by Crippen LogP contribution is -2.20. The molecule has 88 valence electrons. The van der Waals surface area contributed by atoms with Crippen LogP contribution in [0.4, 0.5) is 24.5 Å². The number of nitrogens with two attached hydrogens (primary N) is 2. The second kappa shape index (κ2) is 4.30. The second-order valence-corrected chi connectivity index (χ2v) is 3.04. The van der Waals surface area contributed by atoms with Crippen LogP contribution in [0.1, 0.15) is 10.4 Å². The second-order valence-electron chi connectivity index (χ2n) is 3.04. The highest BCUT2D eigenvalue weighted by molar-refractivity contribution is 5.95. The van der Waals surface area contributed by atoms with Crippen molar-refractivity contribution < 1.29 is 22.7 Å². The number of benzene rings is 1. The molecule has 0 unspecified atom stereocenters. The third-order valence-corrected chi connectivity index (χ3v) is 1.66. The molecule has 0 aliphatic heterocycles. The normalized spacial score (nSPS) is 11.2. The maximum atomic E-state index is 11.8. The topological polar surface area (TPSA) is 78.3 Å². The van der Waals surface area contributed by atoms with E-state index in [0.29, 0.717) is 5.69 Å². The lowest BCUT2D eigenvalue weighted by molar-refractivity contribution is -0.161. The van der Waals surface area contributed by atoms with Crippen molar-refractivity contribution in [1.29, 1.82) is 0 Å². The summed E-state index contributed by atoms with van der Waals surface area (Å²) in [6.07, 6.45) is -4.56. The molecule has 0 aromatic heterocycles. The van der Waals surface area contributed by atoms with Crippen molar-refractivity contribution in [2.75, 3.05) is 18.1 Å². The van der Waals surface area contributed by atoms with Gasteiger partial charge in [0.05, 0.1) is 5.56 Å². The standard InChI is InChI=1S/C9H9F3N2O2/c10-9(11,12)4-16-8(15)6-2-1-5(13)3-7(6)14/h1-3H,4,13-14H2. The van der Waals surface area contributed by atoms with E-state index < -0.39 is 18.8 Å². The van der Waals surface area contributed by atoms with Gasteiger partial charge < -0.3 is 16.2 Å². The van der Waals surface area contributed by atoms with Crippen molar-refractivity contribution in [3.63, 3.8) is 0 Å². The third-order valence-electron chi connectivity index (χ3n) is 1.66. The minimum Gasteiger partial charge on any atom is -0.452 e. The van der Waals surface area contributed by atoms with Gasteiger partial charge >= 0.3 is 12.1 Å². The monoisotopic (exact) mass is 234 g/mol. The number of carbonyl (C=O) groups excluding carboxylic acids is 1. The number of carbonyl (C=O) groups is 1. The van der Waals surface area contributed by atoms with Crippen molar-refractivity contribution in [2.45, 2.75) is 6.18 Å². The van der Waals surface area contributed by atoms with Crippen LogP contribution in [-0.4, -0.2) is 18.8 Å². The van der Waals surface area contributed by atoms with Crippen LogP contribution in [0.3, 0.4) is 0 Å². The first-order chi connectivity index (χ1) is 7.29. The number of rotatable bonds is 2. The average Bonchev–Trinajstić information content (AvgIpc) is 2.13. The van der Waals surface area contributed by atoms with Gasteiger partial charge in [0.2, 0.25) is 0 Å². The highest BCUT2D eigenvalue weighted by Gasteiger charge is 2.30. The molecule has 0 radical (unpaired) electrons. The largest absolute Gasteiger partial charge is 0.452 e. The molecule has 0 atom stereocenters. The van der Waals surface area contributed by atoms with E-state index in [1.165, 1.54) is 18.2 Å². The highest BCUT2D eigenvalue weighted by Crippen LogP contribution is 2.19. The quantitative estimate of drug-likeness (QED) is 0.601. The van der Waals surface area contributed by atoms with E-state index in [2.05, 4.69) is 4.74 Å². The van der Waals surface area contributed by atoms with E-state index in [-0.39, 0.29) is 11.3 Å². The van der Waals surface area contributed by atoms with Gasteiger partial charge in [-0.2, -0.15) is 13.2 Å². The van der Waals surface area contributed by atoms with Crippen molar-refractivity contribution in [2.24, 2.45) is 0 Å². The Morgan fingerprint density at radius 1 is 1.31 bits per heavy atom. The zero-order chi connectivity index (χ0) is 12.3. The number of ether oxygens (including phenoxy) is 1. The predicted molar refractivity (Wildman–Crippen MR) is 51.6 cm³/mol. The summed E-state index contributed by atoms with van der Waals surface area (Å²) < 4.78 is 39.3. The van der Waals surface area contributed by atoms with Gasteiger partial charge in [0.15, 0.2) is 6.61 Å². The molecule has 0 saturated carbocycles. The van der Waals surface area contributed by atoms with Gasteiger partial charge in [-0.1, -0.05) is 0 Å². The van der Waals surface area contributed by atoms with Gasteiger partial charge in [-0.05, 0) is 18.2 Å². The van der Waals surface area contributed by atoms with Crippen LogP contribution in [0.15, 0.2) is 18.2 Å². The zero-order valence-electron chi connectivity index (χ0n) is 8.04. The molecule has 0 saturated heterocycles. The first kappa shape index (κ1) is 12.2. The summed E-state index contributed by atoms with van der Waals surface area (Å²) in [6.45, 7) is -1.64. The average molecular weight is 234 g/mol. The number of anilines is 2. The fourth-order valence-corrected chi connectivity index (χ4v) is 0.992. The summed E-state index contributed by atoms with van der Waals surface area (Å²) in [5, 5.41) is 0. The number of alkyl halides is 3. The molecule has 4 nitrogen and oxygen atoms in total. The fourth-order valence-electron chi connectivity index (χ4n) is 0.992. The molecule has 16 heavy (non-hydrogen) atoms. The Bertz CT molecular complexity index is 404. The molecule has 1 aromatic rings. The molecule has 0 aliphatic rings. The fraction of sp³-hybridized carbons (Fsp3) is 0.222. The Labute approximate surface area is 89.0 Å². The van der Waals surface area contributed by atoms with E-state index in [1.807, 2.05) is 0 Å². The van der Waals surface area contributed by atoms with Crippen molar-refractivity contribution in [3.05, 3.63) is 23.8 Å². The summed E-state index contributed by atoms with van der Waals surface area (Å²) in [5.74, 6) is -1.13. The van der Waals surface area contributed by atoms with Crippen LogP contribution >= 0.6 is 0 Å². The summed E-state index contributed by atoms with van der Waals surface area (Å²) in [4.78, 5) is 11.2. The highest BCUT2D eigenvalue weighted by atomic mass is 19.4. The van der Waals surface area contributed by atoms with Crippen LogP contribution in [0, 0.1) is 0 Å². The van der Waals surface area contributed by atoms with Gasteiger partial charge in [0, 0.05) is 11.4 Å². The van der Waals surface area contributed by atoms with E-state index in [9.17, 15) is 18.0 Å². The van der Waals surface area contributed by atoms with Crippen LogP contribution < -0.4 is 11.5 Å². The first-order valence-electron chi connectivity index (χ1n) is 4.18. The predicted octanol–water partition coefficient (Wildman–Crippen LogP) is 1.57. The summed E-state index contributed by atoms with van der Waals surface area (Å²) in [7, 11) is 0. The van der Waals surface area contributed by atoms with Crippen LogP contribution in [0.5, 0.6) is 0 Å². The summed E-state index contributed by atoms with van der Waals surface area (Å²) >= 11 is 0. The smallest absolute Gasteiger partial charge is 0.422 e. The summed E-state index contributed by atoms with van der Waals surface area (Å²) in [6, 6.07) is 3.83. The lowest BCUT2D eigenvalue weighted by atomic mass is 10.1. The SMILES string of the molecule is Nc1ccc(C(=O)OCC(F)(F)F)c(N)c1. The molecule has 4 N–H and O–H groups in total. The summed E-state index contributed by atoms with van der Waals surface area (Å²) in [5.41, 5.74) is 10.9. The van der Waals surface area contributed by atoms with Gasteiger partial charge in [0.1, 0.15) is 0 Å². The van der Waals surface area contributed by atoms with Crippen LogP contribution in [0.2, 0.25) is 0 Å². The Morgan fingerprint density at radius 2 is 1.94 bits per heavy atom. The molecular weight excluding hydrogens is 225 g/mol. The molecule has 0 aliphatic carbocycles. The van der Waals surface area contributed by atoms with E-state index in [1.54, 1.807) is 0 Å². The van der Waals surface area contributed by atoms with Gasteiger partial charge in [-0.15, -0.1) is 0 Å². The van der Waals surface area contributed by atoms with Crippen LogP contribution in [0.25, 0.3) is 0 Å². The Kier molecular flexibility index (Phi) is 3.26. The molecule has 0 fully saturated rings. The Hall–Kier alpha value is -1.92. The van der Waals surface area contributed by atoms with Crippen molar-refractivity contribution >= 4 is 17.3 Å². The van der Waals surface area contributed by atoms with Crippen LogP contribution in [-0.2, 0) is 4.74 Å². The molecule has 1 aromatic carbocycles. The molecule has 7 heteroatoms. The number of nitrogen functional groups attached to an aromatic ring is 2. The third kappa shape index (κ3) is 3.34. The Balaban J connectivity index is 2.74. The molecule has 0 heterocycles. The molecule has 0 spiro atoms. The molecule has 1 rings (SSSR count). The number of esters is 1. The molecule has 0 bridgehead atoms. The van der Waals surface area contributed by atoms with E-state index >= 15 is 0 Å². The maximum absolute atomic E-state index is 11.8. The van der Waals surface area contributed by atoms with E-state index in [4.69, 9.17) is 11.5 Å². The van der Waals surface area contributed by atoms with Crippen molar-refractivity contribution in [1.82, 2.24) is 0 Å². The van der Waals surface area contributed by atoms with Gasteiger partial charge in [-0.3, -0.25) is 0 Å². The first-order valence-corrected chi connectivity index (χ1v) is 4.18. The number of hydrogen-bond acceptors (Lipinski definition) is 4. The molecular formula is C9H9F3N2O2. The van der Waals surface area contributed by atoms with Gasteiger partial charge in [0.25, 0.3) is 0 Å². The van der Waals surface area contributed by atoms with Gasteiger partial charge in [-0.25, -0.2) is 4.79 Å². The minimum absolute atomic E-state index is 0.0211. The zero-order valence-corrected chi connectivity index (χ0v) is 8.04. The minimum atomic E-state index is -4.56. The molecule has 0 amide bonds. The Morgan fingerprint density at radius 3 is 2.44 bits per heavy atom.